The highest BCUT2D eigenvalue weighted by Crippen LogP contribution is 2.45. The van der Waals surface area contributed by atoms with Gasteiger partial charge in [-0.05, 0) is 40.5 Å². The number of carbonyl (C=O) groups is 1. The van der Waals surface area contributed by atoms with Crippen LogP contribution in [-0.2, 0) is 23.7 Å². The monoisotopic (exact) mass is 460 g/mol. The van der Waals surface area contributed by atoms with Crippen LogP contribution >= 0.6 is 0 Å². The summed E-state index contributed by atoms with van der Waals surface area (Å²) in [6.45, 7) is 8.82. The summed E-state index contributed by atoms with van der Waals surface area (Å²) in [5.74, 6) is -0.562. The largest absolute Gasteiger partial charge is 0.469 e. The molecule has 0 spiro atoms. The van der Waals surface area contributed by atoms with Gasteiger partial charge in [0.2, 0.25) is 0 Å². The van der Waals surface area contributed by atoms with Crippen LogP contribution in [0.25, 0.3) is 11.2 Å². The Bertz CT molecular complexity index is 1040. The summed E-state index contributed by atoms with van der Waals surface area (Å²) < 4.78 is 25.9. The number of aromatic nitrogens is 4. The number of hydrogen-bond acceptors (Lipinski definition) is 10. The lowest BCUT2D eigenvalue weighted by molar-refractivity contribution is -0.199. The summed E-state index contributed by atoms with van der Waals surface area (Å²) in [5, 5.41) is 0. The molecule has 11 heteroatoms. The number of fused-ring (bicyclic) bond motifs is 2. The van der Waals surface area contributed by atoms with E-state index >= 15 is 0 Å². The van der Waals surface area contributed by atoms with Crippen molar-refractivity contribution >= 4 is 23.0 Å². The number of anilines is 1. The van der Waals surface area contributed by atoms with Crippen molar-refractivity contribution in [2.75, 3.05) is 19.4 Å². The Morgan fingerprint density at radius 3 is 2.70 bits per heavy atom. The number of nitrogen functional groups attached to an aromatic ring is 1. The van der Waals surface area contributed by atoms with Gasteiger partial charge in [-0.15, -0.1) is 0 Å². The lowest BCUT2D eigenvalue weighted by Crippen LogP contribution is -2.53. The standard InChI is InChI=1S/C22H32N6O5/c1-11(2)27(13-6-12(7-13)21(29)30-5)8-14-16-17(33-22(3,4)32-16)20(31-14)28-10-26-15-18(23)24-9-25-19(15)28/h9-14,16-17,20H,6-8H2,1-5H3,(H2,23,24,25)/t12-,13+,14-,16-,17-,20?/m1/s1. The number of rotatable bonds is 6. The first-order valence-corrected chi connectivity index (χ1v) is 11.5. The molecule has 0 radical (unpaired) electrons. The first-order chi connectivity index (χ1) is 15.7. The van der Waals surface area contributed by atoms with E-state index in [1.807, 2.05) is 18.4 Å². The maximum Gasteiger partial charge on any atom is 0.308 e. The average Bonchev–Trinajstić information content (AvgIpc) is 3.37. The summed E-state index contributed by atoms with van der Waals surface area (Å²) in [5.41, 5.74) is 7.11. The first-order valence-electron chi connectivity index (χ1n) is 11.5. The van der Waals surface area contributed by atoms with E-state index in [1.165, 1.54) is 13.4 Å². The van der Waals surface area contributed by atoms with Crippen LogP contribution in [-0.4, -0.2) is 80.2 Å². The Morgan fingerprint density at radius 2 is 2.00 bits per heavy atom. The van der Waals surface area contributed by atoms with E-state index in [2.05, 4.69) is 33.7 Å². The van der Waals surface area contributed by atoms with E-state index in [-0.39, 0.29) is 36.2 Å². The number of nitrogens with two attached hydrogens (primary N) is 1. The van der Waals surface area contributed by atoms with E-state index < -0.39 is 12.0 Å². The van der Waals surface area contributed by atoms with Crippen molar-refractivity contribution in [1.82, 2.24) is 24.4 Å². The highest BCUT2D eigenvalue weighted by molar-refractivity contribution is 5.81. The van der Waals surface area contributed by atoms with Crippen LogP contribution in [0, 0.1) is 5.92 Å². The van der Waals surface area contributed by atoms with Crippen LogP contribution in [0.5, 0.6) is 0 Å². The predicted octanol–water partition coefficient (Wildman–Crippen LogP) is 1.49. The summed E-state index contributed by atoms with van der Waals surface area (Å²) in [6.07, 6.45) is 3.42. The third-order valence-corrected chi connectivity index (χ3v) is 6.96. The minimum atomic E-state index is -0.727. The first kappa shape index (κ1) is 22.5. The second kappa shape index (κ2) is 8.15. The second-order valence-electron chi connectivity index (χ2n) is 9.85. The maximum absolute atomic E-state index is 11.9. The Kier molecular flexibility index (Phi) is 5.55. The van der Waals surface area contributed by atoms with E-state index in [1.54, 1.807) is 6.33 Å². The minimum Gasteiger partial charge on any atom is -0.469 e. The molecule has 5 rings (SSSR count). The van der Waals surface area contributed by atoms with Crippen LogP contribution < -0.4 is 5.73 Å². The zero-order valence-electron chi connectivity index (χ0n) is 19.7. The molecule has 3 aliphatic rings. The highest BCUT2D eigenvalue weighted by atomic mass is 16.8. The molecule has 33 heavy (non-hydrogen) atoms. The van der Waals surface area contributed by atoms with E-state index in [0.717, 1.165) is 12.8 Å². The van der Waals surface area contributed by atoms with Crippen molar-refractivity contribution in [1.29, 1.82) is 0 Å². The number of methoxy groups -OCH3 is 1. The van der Waals surface area contributed by atoms with Gasteiger partial charge in [-0.3, -0.25) is 14.3 Å². The predicted molar refractivity (Wildman–Crippen MR) is 118 cm³/mol. The highest BCUT2D eigenvalue weighted by Gasteiger charge is 2.57. The number of esters is 1. The number of ether oxygens (including phenoxy) is 4. The molecule has 3 fully saturated rings. The number of hydrogen-bond donors (Lipinski definition) is 1. The van der Waals surface area contributed by atoms with Gasteiger partial charge in [0.15, 0.2) is 23.5 Å². The molecule has 2 aromatic rings. The third kappa shape index (κ3) is 3.86. The molecular formula is C22H32N6O5. The van der Waals surface area contributed by atoms with Gasteiger partial charge in [0.25, 0.3) is 0 Å². The molecule has 4 atom stereocenters. The van der Waals surface area contributed by atoms with E-state index in [0.29, 0.717) is 29.6 Å². The van der Waals surface area contributed by atoms with Gasteiger partial charge in [0.1, 0.15) is 30.2 Å². The molecule has 2 saturated heterocycles. The van der Waals surface area contributed by atoms with Gasteiger partial charge in [-0.1, -0.05) is 0 Å². The Balaban J connectivity index is 1.39. The second-order valence-corrected chi connectivity index (χ2v) is 9.85. The molecule has 2 aromatic heterocycles. The maximum atomic E-state index is 11.9. The molecule has 0 bridgehead atoms. The number of imidazole rings is 1. The Morgan fingerprint density at radius 1 is 1.27 bits per heavy atom. The van der Waals surface area contributed by atoms with Crippen LogP contribution in [0.1, 0.15) is 46.8 Å². The molecule has 2 aliphatic heterocycles. The van der Waals surface area contributed by atoms with Gasteiger partial charge < -0.3 is 24.7 Å². The smallest absolute Gasteiger partial charge is 0.308 e. The zero-order valence-corrected chi connectivity index (χ0v) is 19.7. The van der Waals surface area contributed by atoms with Crippen molar-refractivity contribution in [3.8, 4) is 0 Å². The fourth-order valence-electron chi connectivity index (χ4n) is 5.29. The fraction of sp³-hybridized carbons (Fsp3) is 0.727. The Labute approximate surface area is 192 Å². The van der Waals surface area contributed by atoms with Crippen molar-refractivity contribution in [3.63, 3.8) is 0 Å². The van der Waals surface area contributed by atoms with Gasteiger partial charge in [-0.25, -0.2) is 15.0 Å². The molecule has 1 unspecified atom stereocenters. The summed E-state index contributed by atoms with van der Waals surface area (Å²) in [7, 11) is 1.44. The molecule has 0 aromatic carbocycles. The normalized spacial score (nSPS) is 32.9. The SMILES string of the molecule is COC(=O)[C@H]1C[C@@H](N(C[C@H]2OC(n3cnc4c(N)ncnc43)[C@@H]3OC(C)(C)O[C@H]23)C(C)C)C1. The number of carbonyl (C=O) groups excluding carboxylic acids is 1. The molecule has 1 saturated carbocycles. The zero-order chi connectivity index (χ0) is 23.5. The summed E-state index contributed by atoms with van der Waals surface area (Å²) in [6, 6.07) is 0.582. The average molecular weight is 461 g/mol. The van der Waals surface area contributed by atoms with Crippen molar-refractivity contribution < 1.29 is 23.7 Å². The summed E-state index contributed by atoms with van der Waals surface area (Å²) >= 11 is 0. The van der Waals surface area contributed by atoms with Crippen molar-refractivity contribution in [3.05, 3.63) is 12.7 Å². The quantitative estimate of drug-likeness (QED) is 0.633. The minimum absolute atomic E-state index is 0.0290. The van der Waals surface area contributed by atoms with Crippen LogP contribution in [0.15, 0.2) is 12.7 Å². The van der Waals surface area contributed by atoms with Crippen molar-refractivity contribution in [2.24, 2.45) is 5.92 Å². The lowest BCUT2D eigenvalue weighted by Gasteiger charge is -2.45. The molecule has 180 valence electrons. The van der Waals surface area contributed by atoms with Crippen molar-refractivity contribution in [2.45, 2.75) is 82.9 Å². The molecular weight excluding hydrogens is 428 g/mol. The molecule has 2 N–H and O–H groups in total. The van der Waals surface area contributed by atoms with Gasteiger partial charge in [-0.2, -0.15) is 0 Å². The molecule has 1 aliphatic carbocycles. The topological polar surface area (TPSA) is 127 Å². The third-order valence-electron chi connectivity index (χ3n) is 6.96. The van der Waals surface area contributed by atoms with Gasteiger partial charge >= 0.3 is 5.97 Å². The fourth-order valence-corrected chi connectivity index (χ4v) is 5.29. The van der Waals surface area contributed by atoms with E-state index in [9.17, 15) is 4.79 Å². The Hall–Kier alpha value is -2.34. The van der Waals surface area contributed by atoms with E-state index in [4.69, 9.17) is 24.7 Å². The number of nitrogens with zero attached hydrogens (tertiary/aromatic N) is 5. The summed E-state index contributed by atoms with van der Waals surface area (Å²) in [4.78, 5) is 27.1. The molecule has 0 amide bonds. The van der Waals surface area contributed by atoms with Crippen LogP contribution in [0.4, 0.5) is 5.82 Å². The van der Waals surface area contributed by atoms with Crippen LogP contribution in [0.2, 0.25) is 0 Å². The van der Waals surface area contributed by atoms with Gasteiger partial charge in [0.05, 0.1) is 19.4 Å². The van der Waals surface area contributed by atoms with Crippen LogP contribution in [0.3, 0.4) is 0 Å². The lowest BCUT2D eigenvalue weighted by atomic mass is 9.78. The molecule has 11 nitrogen and oxygen atoms in total. The van der Waals surface area contributed by atoms with Gasteiger partial charge in [0, 0.05) is 18.6 Å². The molecule has 4 heterocycles.